The molecule has 1 aliphatic rings. The average Bonchev–Trinajstić information content (AvgIpc) is 3.08. The number of carboxylic acids is 1. The number of halogens is 4. The van der Waals surface area contributed by atoms with Crippen LogP contribution >= 0.6 is 11.6 Å². The van der Waals surface area contributed by atoms with Gasteiger partial charge in [0.05, 0.1) is 17.6 Å². The molecule has 0 spiro atoms. The number of hydrogen-bond acceptors (Lipinski definition) is 4. The maximum Gasteiger partial charge on any atom is 0.405 e. The molecule has 1 unspecified atom stereocenters. The largest absolute Gasteiger partial charge is 0.478 e. The number of piperazine rings is 1. The van der Waals surface area contributed by atoms with E-state index in [1.54, 1.807) is 17.0 Å². The van der Waals surface area contributed by atoms with E-state index in [0.717, 1.165) is 5.56 Å². The minimum absolute atomic E-state index is 0.000112. The second kappa shape index (κ2) is 8.14. The summed E-state index contributed by atoms with van der Waals surface area (Å²) < 4.78 is 39.1. The van der Waals surface area contributed by atoms with Crippen molar-refractivity contribution in [2.45, 2.75) is 25.7 Å². The monoisotopic (exact) mass is 452 g/mol. The van der Waals surface area contributed by atoms with Gasteiger partial charge >= 0.3 is 12.1 Å². The lowest BCUT2D eigenvalue weighted by Crippen LogP contribution is -2.56. The SMILES string of the molecule is Cc1ccc(-c2cc(C(=O)O)c3nc(CN4CCNC(C(F)(F)F)C4)[nH]c3c2)c(Cl)c1. The molecule has 4 rings (SSSR count). The van der Waals surface area contributed by atoms with Gasteiger partial charge in [-0.2, -0.15) is 13.2 Å². The third-order valence-electron chi connectivity index (χ3n) is 5.33. The first kappa shape index (κ1) is 21.6. The molecule has 0 bridgehead atoms. The van der Waals surface area contributed by atoms with Gasteiger partial charge in [0, 0.05) is 30.2 Å². The van der Waals surface area contributed by atoms with E-state index in [1.165, 1.54) is 6.07 Å². The van der Waals surface area contributed by atoms with Crippen LogP contribution in [-0.2, 0) is 6.54 Å². The molecule has 2 heterocycles. The molecule has 0 amide bonds. The number of nitrogens with zero attached hydrogens (tertiary/aromatic N) is 2. The third-order valence-corrected chi connectivity index (χ3v) is 5.64. The number of H-pyrrole nitrogens is 1. The van der Waals surface area contributed by atoms with Crippen LogP contribution in [0.1, 0.15) is 21.7 Å². The highest BCUT2D eigenvalue weighted by atomic mass is 35.5. The average molecular weight is 453 g/mol. The van der Waals surface area contributed by atoms with Crippen LogP contribution in [0, 0.1) is 6.92 Å². The molecular weight excluding hydrogens is 433 g/mol. The number of aromatic amines is 1. The highest BCUT2D eigenvalue weighted by Gasteiger charge is 2.41. The Morgan fingerprint density at radius 1 is 1.32 bits per heavy atom. The normalized spacial score (nSPS) is 17.9. The zero-order valence-corrected chi connectivity index (χ0v) is 17.3. The molecule has 31 heavy (non-hydrogen) atoms. The zero-order valence-electron chi connectivity index (χ0n) is 16.6. The Balaban J connectivity index is 1.68. The maximum absolute atomic E-state index is 13.0. The summed E-state index contributed by atoms with van der Waals surface area (Å²) in [6, 6.07) is 7.16. The smallest absolute Gasteiger partial charge is 0.405 e. The van der Waals surface area contributed by atoms with Crippen LogP contribution in [0.4, 0.5) is 13.2 Å². The van der Waals surface area contributed by atoms with Gasteiger partial charge in [-0.15, -0.1) is 0 Å². The molecule has 0 saturated carbocycles. The van der Waals surface area contributed by atoms with Crippen molar-refractivity contribution in [1.82, 2.24) is 20.2 Å². The fourth-order valence-electron chi connectivity index (χ4n) is 3.80. The first-order chi connectivity index (χ1) is 14.6. The molecule has 6 nitrogen and oxygen atoms in total. The quantitative estimate of drug-likeness (QED) is 0.552. The standard InChI is InChI=1S/C21H20ClF3N4O2/c1-11-2-3-13(15(22)6-11)12-7-14(20(30)31)19-16(8-12)27-18(28-19)10-29-5-4-26-17(9-29)21(23,24)25/h2-3,6-8,17,26H,4-5,9-10H2,1H3,(H,27,28)(H,30,31). The Kier molecular flexibility index (Phi) is 5.67. The van der Waals surface area contributed by atoms with Crippen molar-refractivity contribution in [2.75, 3.05) is 19.6 Å². The number of rotatable bonds is 4. The molecule has 1 saturated heterocycles. The Labute approximate surface area is 181 Å². The summed E-state index contributed by atoms with van der Waals surface area (Å²) in [5, 5.41) is 12.7. The first-order valence-corrected chi connectivity index (χ1v) is 10.0. The lowest BCUT2D eigenvalue weighted by atomic mass is 10.0. The van der Waals surface area contributed by atoms with Crippen molar-refractivity contribution in [2.24, 2.45) is 0 Å². The van der Waals surface area contributed by atoms with E-state index in [9.17, 15) is 23.1 Å². The summed E-state index contributed by atoms with van der Waals surface area (Å²) in [5.74, 6) is -0.736. The summed E-state index contributed by atoms with van der Waals surface area (Å²) >= 11 is 6.35. The van der Waals surface area contributed by atoms with Crippen molar-refractivity contribution in [3.05, 3.63) is 52.3 Å². The lowest BCUT2D eigenvalue weighted by Gasteiger charge is -2.34. The first-order valence-electron chi connectivity index (χ1n) is 9.66. The van der Waals surface area contributed by atoms with E-state index in [1.807, 2.05) is 19.1 Å². The molecule has 1 atom stereocenters. The van der Waals surface area contributed by atoms with E-state index in [0.29, 0.717) is 34.0 Å². The topological polar surface area (TPSA) is 81.2 Å². The van der Waals surface area contributed by atoms with E-state index in [-0.39, 0.29) is 30.7 Å². The Bertz CT molecular complexity index is 1150. The number of fused-ring (bicyclic) bond motifs is 1. The number of hydrogen-bond donors (Lipinski definition) is 3. The molecule has 0 radical (unpaired) electrons. The van der Waals surface area contributed by atoms with Crippen molar-refractivity contribution >= 4 is 28.6 Å². The van der Waals surface area contributed by atoms with Gasteiger partial charge in [-0.3, -0.25) is 4.90 Å². The number of aromatic carboxylic acids is 1. The molecule has 1 aromatic heterocycles. The number of carbonyl (C=O) groups is 1. The van der Waals surface area contributed by atoms with Gasteiger partial charge < -0.3 is 15.4 Å². The molecule has 164 valence electrons. The van der Waals surface area contributed by atoms with Gasteiger partial charge in [0.2, 0.25) is 0 Å². The molecule has 3 aromatic rings. The summed E-state index contributed by atoms with van der Waals surface area (Å²) in [6.07, 6.45) is -4.33. The minimum atomic E-state index is -4.33. The Hall–Kier alpha value is -2.62. The molecule has 0 aliphatic carbocycles. The summed E-state index contributed by atoms with van der Waals surface area (Å²) in [5.41, 5.74) is 3.03. The van der Waals surface area contributed by atoms with E-state index < -0.39 is 18.2 Å². The number of alkyl halides is 3. The van der Waals surface area contributed by atoms with Crippen LogP contribution < -0.4 is 5.32 Å². The van der Waals surface area contributed by atoms with Crippen LogP contribution in [0.5, 0.6) is 0 Å². The minimum Gasteiger partial charge on any atom is -0.478 e. The highest BCUT2D eigenvalue weighted by Crippen LogP contribution is 2.32. The number of nitrogens with one attached hydrogen (secondary N) is 2. The van der Waals surface area contributed by atoms with Crippen molar-refractivity contribution in [1.29, 1.82) is 0 Å². The van der Waals surface area contributed by atoms with Gasteiger partial charge in [-0.1, -0.05) is 23.7 Å². The van der Waals surface area contributed by atoms with Crippen LogP contribution in [0.15, 0.2) is 30.3 Å². The second-order valence-electron chi connectivity index (χ2n) is 7.68. The molecule has 10 heteroatoms. The number of aromatic nitrogens is 2. The molecule has 3 N–H and O–H groups in total. The van der Waals surface area contributed by atoms with Crippen LogP contribution in [0.3, 0.4) is 0 Å². The van der Waals surface area contributed by atoms with Crippen LogP contribution in [0.25, 0.3) is 22.2 Å². The Morgan fingerprint density at radius 2 is 2.10 bits per heavy atom. The van der Waals surface area contributed by atoms with Gasteiger partial charge in [0.15, 0.2) is 0 Å². The molecule has 2 aromatic carbocycles. The second-order valence-corrected chi connectivity index (χ2v) is 8.08. The van der Waals surface area contributed by atoms with Gasteiger partial charge in [0.1, 0.15) is 17.4 Å². The molecule has 1 fully saturated rings. The van der Waals surface area contributed by atoms with E-state index in [4.69, 9.17) is 11.6 Å². The Morgan fingerprint density at radius 3 is 2.77 bits per heavy atom. The zero-order chi connectivity index (χ0) is 22.3. The third kappa shape index (κ3) is 4.53. The summed E-state index contributed by atoms with van der Waals surface area (Å²) in [7, 11) is 0. The van der Waals surface area contributed by atoms with Gasteiger partial charge in [-0.25, -0.2) is 9.78 Å². The number of aryl methyl sites for hydroxylation is 1. The van der Waals surface area contributed by atoms with E-state index >= 15 is 0 Å². The fraction of sp³-hybridized carbons (Fsp3) is 0.333. The number of benzene rings is 2. The number of imidazole rings is 1. The van der Waals surface area contributed by atoms with Crippen molar-refractivity contribution in [3.63, 3.8) is 0 Å². The molecule has 1 aliphatic heterocycles. The number of carboxylic acid groups (broad SMARTS) is 1. The highest BCUT2D eigenvalue weighted by molar-refractivity contribution is 6.33. The summed E-state index contributed by atoms with van der Waals surface area (Å²) in [4.78, 5) is 20.9. The lowest BCUT2D eigenvalue weighted by molar-refractivity contribution is -0.165. The van der Waals surface area contributed by atoms with E-state index in [2.05, 4.69) is 15.3 Å². The predicted octanol–water partition coefficient (Wildman–Crippen LogP) is 4.23. The van der Waals surface area contributed by atoms with Crippen LogP contribution in [-0.4, -0.2) is 57.8 Å². The molecular formula is C21H20ClF3N4O2. The summed E-state index contributed by atoms with van der Waals surface area (Å²) in [6.45, 7) is 2.50. The maximum atomic E-state index is 13.0. The van der Waals surface area contributed by atoms with Gasteiger partial charge in [-0.05, 0) is 36.2 Å². The predicted molar refractivity (Wildman–Crippen MR) is 111 cm³/mol. The van der Waals surface area contributed by atoms with Crippen molar-refractivity contribution < 1.29 is 23.1 Å². The van der Waals surface area contributed by atoms with Crippen molar-refractivity contribution in [3.8, 4) is 11.1 Å². The van der Waals surface area contributed by atoms with Crippen LogP contribution in [0.2, 0.25) is 5.02 Å². The van der Waals surface area contributed by atoms with Gasteiger partial charge in [0.25, 0.3) is 0 Å². The fourth-order valence-corrected chi connectivity index (χ4v) is 4.15.